The smallest absolute Gasteiger partial charge is 0.126 e. The fourth-order valence-corrected chi connectivity index (χ4v) is 0. The van der Waals surface area contributed by atoms with Crippen LogP contribution in [0.1, 0.15) is 13.8 Å². The zero-order chi connectivity index (χ0) is 6.28. The van der Waals surface area contributed by atoms with E-state index in [1.807, 2.05) is 0 Å². The fraction of sp³-hybridized carbons (Fsp3) is 0.800. The van der Waals surface area contributed by atoms with Crippen LogP contribution < -0.4 is 0 Å². The Morgan fingerprint density at radius 1 is 1.25 bits per heavy atom. The third kappa shape index (κ3) is 5290. The van der Waals surface area contributed by atoms with Crippen molar-refractivity contribution in [1.82, 2.24) is 0 Å². The van der Waals surface area contributed by atoms with Gasteiger partial charge in [0.2, 0.25) is 0 Å². The van der Waals surface area contributed by atoms with Gasteiger partial charge >= 0.3 is 0 Å². The van der Waals surface area contributed by atoms with Crippen LogP contribution in [0.3, 0.4) is 0 Å². The van der Waals surface area contributed by atoms with Gasteiger partial charge in [-0.05, 0) is 13.8 Å². The minimum absolute atomic E-state index is 0. The predicted molar refractivity (Wildman–Crippen MR) is 43.9 cm³/mol. The van der Waals surface area contributed by atoms with Crippen molar-refractivity contribution in [3.05, 3.63) is 0 Å². The summed E-state index contributed by atoms with van der Waals surface area (Å²) in [4.78, 5) is 9.44. The van der Waals surface area contributed by atoms with E-state index in [1.54, 1.807) is 0 Å². The van der Waals surface area contributed by atoms with Gasteiger partial charge in [0.15, 0.2) is 0 Å². The molecule has 1 nitrogen and oxygen atoms in total. The molecule has 0 aromatic rings. The molecule has 0 N–H and O–H groups in total. The van der Waals surface area contributed by atoms with Crippen LogP contribution in [-0.4, -0.2) is 15.3 Å². The van der Waals surface area contributed by atoms with Crippen molar-refractivity contribution < 1.29 is 4.79 Å². The molecule has 3 heteroatoms. The second-order valence-electron chi connectivity index (χ2n) is 1.62. The summed E-state index contributed by atoms with van der Waals surface area (Å²) in [7, 11) is 0.417. The van der Waals surface area contributed by atoms with Gasteiger partial charge in [0.25, 0.3) is 0 Å². The molecule has 0 atom stereocenters. The molecule has 0 aromatic carbocycles. The van der Waals surface area contributed by atoms with Crippen molar-refractivity contribution in [3.63, 3.8) is 0 Å². The molecule has 0 fully saturated rings. The van der Waals surface area contributed by atoms with E-state index in [-0.39, 0.29) is 18.2 Å². The Labute approximate surface area is 60.1 Å². The molecule has 52 valence electrons. The topological polar surface area (TPSA) is 17.1 Å². The maximum Gasteiger partial charge on any atom is 0.126 e. The van der Waals surface area contributed by atoms with Gasteiger partial charge in [0.1, 0.15) is 5.78 Å². The first kappa shape index (κ1) is 15.7. The Bertz CT molecular complexity index is 43.7. The van der Waals surface area contributed by atoms with Crippen LogP contribution in [0.15, 0.2) is 0 Å². The van der Waals surface area contributed by atoms with Gasteiger partial charge in [-0.3, -0.25) is 0 Å². The van der Waals surface area contributed by atoms with Crippen LogP contribution >= 0.6 is 12.4 Å². The Hall–Kier alpha value is 0.177. The molecule has 0 unspecified atom stereocenters. The summed E-state index contributed by atoms with van der Waals surface area (Å²) < 4.78 is 0. The molecule has 0 radical (unpaired) electrons. The summed E-state index contributed by atoms with van der Waals surface area (Å²) in [6.45, 7) is 7.58. The third-order valence-corrected chi connectivity index (χ3v) is 0. The van der Waals surface area contributed by atoms with Crippen LogP contribution in [0.5, 0.6) is 0 Å². The Kier molecular flexibility index (Phi) is 30.8. The SMILES string of the molecule is CC(C)=O.C[SiH2]C.Cl. The van der Waals surface area contributed by atoms with Crippen LogP contribution in [0.2, 0.25) is 13.1 Å². The Morgan fingerprint density at radius 3 is 1.25 bits per heavy atom. The Balaban J connectivity index is -0.0000000575. The minimum Gasteiger partial charge on any atom is -0.300 e. The van der Waals surface area contributed by atoms with Crippen molar-refractivity contribution in [2.45, 2.75) is 26.9 Å². The van der Waals surface area contributed by atoms with Gasteiger partial charge in [-0.2, -0.15) is 0 Å². The number of halogens is 1. The molecule has 0 bridgehead atoms. The molecule has 0 saturated carbocycles. The molecule has 0 aliphatic rings. The highest BCUT2D eigenvalue weighted by molar-refractivity contribution is 6.31. The lowest BCUT2D eigenvalue weighted by molar-refractivity contribution is -0.114. The molecule has 0 aliphatic carbocycles. The van der Waals surface area contributed by atoms with Crippen LogP contribution in [0, 0.1) is 0 Å². The van der Waals surface area contributed by atoms with E-state index >= 15 is 0 Å². The number of Topliss-reactive ketones (excluding diaryl/α,β-unsaturated/α-hetero) is 1. The van der Waals surface area contributed by atoms with Crippen molar-refractivity contribution in [2.75, 3.05) is 0 Å². The largest absolute Gasteiger partial charge is 0.300 e. The minimum atomic E-state index is 0. The predicted octanol–water partition coefficient (Wildman–Crippen LogP) is 1.27. The first-order chi connectivity index (χ1) is 3.15. The number of carbonyl (C=O) groups is 1. The standard InChI is InChI=1S/C3H6O.C2H8Si.ClH/c1-3(2)4;1-3-2;/h1-2H3;3H2,1-2H3;1H. The second-order valence-corrected chi connectivity index (χ2v) is 3.03. The average Bonchev–Trinajstić information content (AvgIpc) is 1.33. The van der Waals surface area contributed by atoms with Gasteiger partial charge in [0, 0.05) is 9.52 Å². The summed E-state index contributed by atoms with van der Waals surface area (Å²) in [5.41, 5.74) is 0. The van der Waals surface area contributed by atoms with E-state index in [0.29, 0.717) is 9.52 Å². The summed E-state index contributed by atoms with van der Waals surface area (Å²) >= 11 is 0. The quantitative estimate of drug-likeness (QED) is 0.481. The van der Waals surface area contributed by atoms with Gasteiger partial charge in [-0.1, -0.05) is 13.1 Å². The lowest BCUT2D eigenvalue weighted by Gasteiger charge is -1.56. The summed E-state index contributed by atoms with van der Waals surface area (Å²) in [6.07, 6.45) is 0. The number of ketones is 1. The van der Waals surface area contributed by atoms with Gasteiger partial charge in [0.05, 0.1) is 0 Å². The van der Waals surface area contributed by atoms with Crippen LogP contribution in [-0.2, 0) is 4.79 Å². The van der Waals surface area contributed by atoms with E-state index in [9.17, 15) is 4.79 Å². The lowest BCUT2D eigenvalue weighted by atomic mass is 10.6. The first-order valence-electron chi connectivity index (χ1n) is 2.62. The highest BCUT2D eigenvalue weighted by atomic mass is 35.5. The number of carbonyl (C=O) groups excluding carboxylic acids is 1. The molecular weight excluding hydrogens is 140 g/mol. The third-order valence-electron chi connectivity index (χ3n) is 0. The maximum absolute atomic E-state index is 9.44. The molecule has 0 heterocycles. The molecule has 0 amide bonds. The van der Waals surface area contributed by atoms with Crippen LogP contribution in [0.4, 0.5) is 0 Å². The number of rotatable bonds is 0. The average molecular weight is 155 g/mol. The molecule has 0 aliphatic heterocycles. The fourth-order valence-electron chi connectivity index (χ4n) is 0. The van der Waals surface area contributed by atoms with Gasteiger partial charge < -0.3 is 4.79 Å². The molecule has 0 aromatic heterocycles. The van der Waals surface area contributed by atoms with E-state index in [1.165, 1.54) is 13.8 Å². The maximum atomic E-state index is 9.44. The van der Waals surface area contributed by atoms with E-state index in [0.717, 1.165) is 0 Å². The van der Waals surface area contributed by atoms with E-state index in [2.05, 4.69) is 13.1 Å². The number of hydrogen-bond donors (Lipinski definition) is 0. The number of hydrogen-bond acceptors (Lipinski definition) is 1. The van der Waals surface area contributed by atoms with Crippen molar-refractivity contribution in [1.29, 1.82) is 0 Å². The summed E-state index contributed by atoms with van der Waals surface area (Å²) in [5, 5.41) is 0. The normalized spacial score (nSPS) is 5.50. The van der Waals surface area contributed by atoms with Gasteiger partial charge in [-0.25, -0.2) is 0 Å². The molecular formula is C5H15ClOSi. The van der Waals surface area contributed by atoms with E-state index < -0.39 is 0 Å². The highest BCUT2D eigenvalue weighted by Gasteiger charge is 1.62. The zero-order valence-corrected chi connectivity index (χ0v) is 8.25. The summed E-state index contributed by atoms with van der Waals surface area (Å²) in [6, 6.07) is 0. The monoisotopic (exact) mass is 154 g/mol. The van der Waals surface area contributed by atoms with Gasteiger partial charge in [-0.15, -0.1) is 12.4 Å². The van der Waals surface area contributed by atoms with Crippen molar-refractivity contribution in [2.24, 2.45) is 0 Å². The molecule has 8 heavy (non-hydrogen) atoms. The molecule has 0 saturated heterocycles. The van der Waals surface area contributed by atoms with Crippen molar-refractivity contribution in [3.8, 4) is 0 Å². The summed E-state index contributed by atoms with van der Waals surface area (Å²) in [5.74, 6) is 0.167. The molecule has 0 spiro atoms. The highest BCUT2D eigenvalue weighted by Crippen LogP contribution is 1.50. The second kappa shape index (κ2) is 15.7. The van der Waals surface area contributed by atoms with Crippen molar-refractivity contribution >= 4 is 27.7 Å². The zero-order valence-electron chi connectivity index (χ0n) is 6.02. The lowest BCUT2D eigenvalue weighted by Crippen LogP contribution is -1.69. The molecule has 0 rings (SSSR count). The van der Waals surface area contributed by atoms with E-state index in [4.69, 9.17) is 0 Å². The first-order valence-corrected chi connectivity index (χ1v) is 5.45. The van der Waals surface area contributed by atoms with Crippen LogP contribution in [0.25, 0.3) is 0 Å². The Morgan fingerprint density at radius 2 is 1.25 bits per heavy atom.